The van der Waals surface area contributed by atoms with E-state index in [0.717, 1.165) is 0 Å². The molecule has 0 bridgehead atoms. The van der Waals surface area contributed by atoms with Crippen molar-refractivity contribution in [3.05, 3.63) is 87.1 Å². The molecule has 3 rings (SSSR count). The van der Waals surface area contributed by atoms with Crippen molar-refractivity contribution < 1.29 is 19.2 Å². The van der Waals surface area contributed by atoms with E-state index in [1.165, 1.54) is 36.3 Å². The maximum atomic E-state index is 13.1. The molecule has 0 spiro atoms. The van der Waals surface area contributed by atoms with Crippen molar-refractivity contribution in [1.29, 1.82) is 0 Å². The van der Waals surface area contributed by atoms with Crippen LogP contribution in [0.25, 0.3) is 6.08 Å². The molecule has 0 aliphatic carbocycles. The fraction of sp³-hybridized carbons (Fsp3) is 0.100. The lowest BCUT2D eigenvalue weighted by molar-refractivity contribution is -0.385. The summed E-state index contributed by atoms with van der Waals surface area (Å²) in [6.45, 7) is 1.64. The summed E-state index contributed by atoms with van der Waals surface area (Å²) in [5.41, 5.74) is 1.21. The second-order valence-electron chi connectivity index (χ2n) is 5.80. The van der Waals surface area contributed by atoms with E-state index in [9.17, 15) is 19.7 Å². The Labute approximate surface area is 155 Å². The lowest BCUT2D eigenvalue weighted by atomic mass is 10.0. The summed E-state index contributed by atoms with van der Waals surface area (Å²) in [5, 5.41) is 11.3. The molecule has 1 amide bonds. The van der Waals surface area contributed by atoms with Crippen molar-refractivity contribution >= 4 is 29.3 Å². The molecule has 0 saturated heterocycles. The fourth-order valence-corrected chi connectivity index (χ4v) is 3.00. The number of nitro groups is 1. The summed E-state index contributed by atoms with van der Waals surface area (Å²) >= 11 is 0. The molecule has 0 radical (unpaired) electrons. The first kappa shape index (κ1) is 18.1. The largest absolute Gasteiger partial charge is 0.465 e. The summed E-state index contributed by atoms with van der Waals surface area (Å²) in [6.07, 6.45) is 1.36. The predicted molar refractivity (Wildman–Crippen MR) is 99.7 cm³/mol. The van der Waals surface area contributed by atoms with Gasteiger partial charge < -0.3 is 4.74 Å². The molecule has 7 nitrogen and oxygen atoms in total. The second-order valence-corrected chi connectivity index (χ2v) is 5.80. The highest BCUT2D eigenvalue weighted by Crippen LogP contribution is 2.36. The van der Waals surface area contributed by atoms with Gasteiger partial charge in [-0.1, -0.05) is 30.3 Å². The number of ether oxygens (including phenoxy) is 1. The van der Waals surface area contributed by atoms with Crippen molar-refractivity contribution in [2.24, 2.45) is 0 Å². The molecular formula is C20H16N2O5. The van der Waals surface area contributed by atoms with E-state index in [4.69, 9.17) is 4.74 Å². The Bertz CT molecular complexity index is 992. The molecule has 1 aliphatic rings. The molecule has 27 heavy (non-hydrogen) atoms. The van der Waals surface area contributed by atoms with Gasteiger partial charge in [0.1, 0.15) is 0 Å². The number of benzene rings is 2. The van der Waals surface area contributed by atoms with Crippen LogP contribution >= 0.6 is 0 Å². The zero-order chi connectivity index (χ0) is 19.6. The molecule has 0 saturated carbocycles. The zero-order valence-electron chi connectivity index (χ0n) is 14.7. The summed E-state index contributed by atoms with van der Waals surface area (Å²) in [7, 11) is 1.22. The normalized spacial score (nSPS) is 15.4. The van der Waals surface area contributed by atoms with Crippen LogP contribution in [0, 0.1) is 10.1 Å². The molecule has 2 aromatic rings. The standard InChI is InChI=1S/C20H16N2O5/c1-13-18(20(24)27-2)16(12-14-8-6-7-11-17(14)22(25)26)19(23)21(13)15-9-4-3-5-10-15/h3-12H,1-2H3/b16-12-. The lowest BCUT2D eigenvalue weighted by Crippen LogP contribution is -2.24. The van der Waals surface area contributed by atoms with Crippen LogP contribution in [0.15, 0.2) is 71.4 Å². The third kappa shape index (κ3) is 3.22. The third-order valence-corrected chi connectivity index (χ3v) is 4.24. The zero-order valence-corrected chi connectivity index (χ0v) is 14.7. The number of hydrogen-bond acceptors (Lipinski definition) is 5. The van der Waals surface area contributed by atoms with Crippen LogP contribution < -0.4 is 4.90 Å². The van der Waals surface area contributed by atoms with Crippen molar-refractivity contribution in [2.75, 3.05) is 12.0 Å². The average molecular weight is 364 g/mol. The molecule has 0 fully saturated rings. The highest BCUT2D eigenvalue weighted by atomic mass is 16.6. The van der Waals surface area contributed by atoms with Crippen LogP contribution in [0.2, 0.25) is 0 Å². The van der Waals surface area contributed by atoms with Crippen LogP contribution in [0.1, 0.15) is 12.5 Å². The number of hydrogen-bond donors (Lipinski definition) is 0. The molecular weight excluding hydrogens is 348 g/mol. The van der Waals surface area contributed by atoms with Gasteiger partial charge >= 0.3 is 5.97 Å². The van der Waals surface area contributed by atoms with Gasteiger partial charge in [0.2, 0.25) is 0 Å². The minimum atomic E-state index is -0.677. The van der Waals surface area contributed by atoms with Gasteiger partial charge in [-0.2, -0.15) is 0 Å². The Morgan fingerprint density at radius 2 is 1.74 bits per heavy atom. The number of methoxy groups -OCH3 is 1. The monoisotopic (exact) mass is 364 g/mol. The van der Waals surface area contributed by atoms with E-state index < -0.39 is 16.8 Å². The first-order valence-electron chi connectivity index (χ1n) is 8.10. The summed E-state index contributed by atoms with van der Waals surface area (Å²) in [6, 6.07) is 14.9. The van der Waals surface area contributed by atoms with Crippen LogP contribution in [-0.2, 0) is 14.3 Å². The molecule has 2 aromatic carbocycles. The Hall–Kier alpha value is -3.74. The van der Waals surface area contributed by atoms with Crippen molar-refractivity contribution in [3.8, 4) is 0 Å². The van der Waals surface area contributed by atoms with Crippen LogP contribution in [0.5, 0.6) is 0 Å². The van der Waals surface area contributed by atoms with Gasteiger partial charge in [0.15, 0.2) is 0 Å². The number of para-hydroxylation sites is 2. The highest BCUT2D eigenvalue weighted by molar-refractivity contribution is 6.23. The number of anilines is 1. The average Bonchev–Trinajstić information content (AvgIpc) is 2.92. The van der Waals surface area contributed by atoms with Crippen molar-refractivity contribution in [2.45, 2.75) is 6.92 Å². The summed E-state index contributed by atoms with van der Waals surface area (Å²) in [4.78, 5) is 37.5. The number of nitrogens with zero attached hydrogens (tertiary/aromatic N) is 2. The first-order valence-corrected chi connectivity index (χ1v) is 8.10. The molecule has 0 N–H and O–H groups in total. The Morgan fingerprint density at radius 3 is 2.37 bits per heavy atom. The van der Waals surface area contributed by atoms with Gasteiger partial charge in [0, 0.05) is 17.5 Å². The van der Waals surface area contributed by atoms with E-state index in [2.05, 4.69) is 0 Å². The van der Waals surface area contributed by atoms with Crippen LogP contribution in [0.3, 0.4) is 0 Å². The lowest BCUT2D eigenvalue weighted by Gasteiger charge is -2.17. The number of nitro benzene ring substituents is 1. The van der Waals surface area contributed by atoms with Gasteiger partial charge in [-0.15, -0.1) is 0 Å². The number of carbonyl (C=O) groups is 2. The fourth-order valence-electron chi connectivity index (χ4n) is 3.00. The van der Waals surface area contributed by atoms with Gasteiger partial charge in [0.05, 0.1) is 28.7 Å². The molecule has 0 aromatic heterocycles. The first-order chi connectivity index (χ1) is 13.0. The van der Waals surface area contributed by atoms with Crippen molar-refractivity contribution in [1.82, 2.24) is 0 Å². The number of allylic oxidation sites excluding steroid dienone is 1. The van der Waals surface area contributed by atoms with Gasteiger partial charge in [0.25, 0.3) is 11.6 Å². The third-order valence-electron chi connectivity index (χ3n) is 4.24. The molecule has 7 heteroatoms. The summed E-state index contributed by atoms with van der Waals surface area (Å²) in [5.74, 6) is -1.12. The van der Waals surface area contributed by atoms with Crippen LogP contribution in [0.4, 0.5) is 11.4 Å². The number of carbonyl (C=O) groups excluding carboxylic acids is 2. The topological polar surface area (TPSA) is 89.8 Å². The van der Waals surface area contributed by atoms with E-state index >= 15 is 0 Å². The van der Waals surface area contributed by atoms with E-state index in [0.29, 0.717) is 11.4 Å². The molecule has 0 unspecified atom stereocenters. The Balaban J connectivity index is 2.19. The highest BCUT2D eigenvalue weighted by Gasteiger charge is 2.38. The van der Waals surface area contributed by atoms with E-state index in [1.54, 1.807) is 37.3 Å². The van der Waals surface area contributed by atoms with Crippen molar-refractivity contribution in [3.63, 3.8) is 0 Å². The SMILES string of the molecule is COC(=O)C1=C(C)N(c2ccccc2)C(=O)/C1=C\c1ccccc1[N+](=O)[O-]. The smallest absolute Gasteiger partial charge is 0.340 e. The maximum Gasteiger partial charge on any atom is 0.340 e. The molecule has 1 aliphatic heterocycles. The second kappa shape index (κ2) is 7.25. The van der Waals surface area contributed by atoms with E-state index in [-0.39, 0.29) is 22.4 Å². The summed E-state index contributed by atoms with van der Waals surface area (Å²) < 4.78 is 4.83. The predicted octanol–water partition coefficient (Wildman–Crippen LogP) is 3.47. The van der Waals surface area contributed by atoms with Gasteiger partial charge in [-0.3, -0.25) is 19.8 Å². The number of amides is 1. The van der Waals surface area contributed by atoms with E-state index in [1.807, 2.05) is 6.07 Å². The number of esters is 1. The molecule has 1 heterocycles. The minimum Gasteiger partial charge on any atom is -0.465 e. The maximum absolute atomic E-state index is 13.1. The Morgan fingerprint density at radius 1 is 1.11 bits per heavy atom. The van der Waals surface area contributed by atoms with Gasteiger partial charge in [-0.05, 0) is 31.2 Å². The Kier molecular flexibility index (Phi) is 4.85. The minimum absolute atomic E-state index is 0.0532. The molecule has 136 valence electrons. The molecule has 0 atom stereocenters. The van der Waals surface area contributed by atoms with Gasteiger partial charge in [-0.25, -0.2) is 4.79 Å². The van der Waals surface area contributed by atoms with Crippen LogP contribution in [-0.4, -0.2) is 23.9 Å². The number of rotatable bonds is 4. The quantitative estimate of drug-likeness (QED) is 0.359.